The Bertz CT molecular complexity index is 949. The van der Waals surface area contributed by atoms with Crippen LogP contribution in [-0.4, -0.2) is 43.5 Å². The summed E-state index contributed by atoms with van der Waals surface area (Å²) in [6, 6.07) is 10.2. The molecular weight excluding hydrogens is 422 g/mol. The second kappa shape index (κ2) is 11.3. The summed E-state index contributed by atoms with van der Waals surface area (Å²) in [4.78, 5) is 16.0. The van der Waals surface area contributed by atoms with Crippen molar-refractivity contribution in [2.45, 2.75) is 58.0 Å². The van der Waals surface area contributed by atoms with E-state index in [9.17, 15) is 4.79 Å². The molecule has 0 radical (unpaired) electrons. The van der Waals surface area contributed by atoms with Crippen molar-refractivity contribution < 1.29 is 28.2 Å². The Labute approximate surface area is 195 Å². The number of hydrogen-bond acceptors (Lipinski definition) is 7. The van der Waals surface area contributed by atoms with Crippen LogP contribution in [0.5, 0.6) is 5.95 Å². The summed E-state index contributed by atoms with van der Waals surface area (Å²) in [6.07, 6.45) is 7.73. The fraction of sp³-hybridized carbons (Fsp3) is 0.462. The Hall–Kier alpha value is -2.90. The highest BCUT2D eigenvalue weighted by Gasteiger charge is 2.44. The smallest absolute Gasteiger partial charge is 0.364 e. The third-order valence-electron chi connectivity index (χ3n) is 6.00. The molecule has 0 amide bonds. The minimum absolute atomic E-state index is 0.00863. The third-order valence-corrected chi connectivity index (χ3v) is 6.00. The SMILES string of the molecule is C=CC[C@@H]1C[C@@H](OCc2ccccc2)C(C)(C)[C@@H](C/C=C/c2nc(C(=O)OC)c(OC)o2)O1. The summed E-state index contributed by atoms with van der Waals surface area (Å²) in [6.45, 7) is 8.78. The van der Waals surface area contributed by atoms with Crippen LogP contribution in [0.1, 0.15) is 55.1 Å². The maximum absolute atomic E-state index is 11.8. The highest BCUT2D eigenvalue weighted by molar-refractivity contribution is 5.89. The van der Waals surface area contributed by atoms with Crippen LogP contribution in [0, 0.1) is 5.41 Å². The molecule has 0 spiro atoms. The van der Waals surface area contributed by atoms with Gasteiger partial charge in [-0.05, 0) is 24.5 Å². The lowest BCUT2D eigenvalue weighted by Gasteiger charge is -2.47. The van der Waals surface area contributed by atoms with Crippen molar-refractivity contribution in [3.8, 4) is 5.95 Å². The molecule has 33 heavy (non-hydrogen) atoms. The van der Waals surface area contributed by atoms with Gasteiger partial charge in [0, 0.05) is 11.8 Å². The molecule has 7 heteroatoms. The summed E-state index contributed by atoms with van der Waals surface area (Å²) < 4.78 is 28.1. The van der Waals surface area contributed by atoms with E-state index in [4.69, 9.17) is 23.4 Å². The van der Waals surface area contributed by atoms with Crippen molar-refractivity contribution in [2.24, 2.45) is 5.41 Å². The lowest BCUT2D eigenvalue weighted by Crippen LogP contribution is -2.51. The first-order valence-corrected chi connectivity index (χ1v) is 11.1. The van der Waals surface area contributed by atoms with E-state index >= 15 is 0 Å². The van der Waals surface area contributed by atoms with Gasteiger partial charge in [-0.3, -0.25) is 0 Å². The highest BCUT2D eigenvalue weighted by Crippen LogP contribution is 2.41. The first-order chi connectivity index (χ1) is 15.9. The molecule has 3 atom stereocenters. The van der Waals surface area contributed by atoms with Gasteiger partial charge < -0.3 is 23.4 Å². The standard InChI is InChI=1S/C26H33NO6/c1-6-11-19-16-21(31-17-18-12-8-7-9-13-18)26(2,3)20(32-19)14-10-15-22-27-23(24(28)29-4)25(30-5)33-22/h6-10,12-13,15,19-21H,1,11,14,16-17H2,2-5H3/b15-10+/t19-,20-,21-/m1/s1. The number of rotatable bonds is 10. The molecule has 178 valence electrons. The summed E-state index contributed by atoms with van der Waals surface area (Å²) >= 11 is 0. The van der Waals surface area contributed by atoms with E-state index in [0.29, 0.717) is 13.0 Å². The maximum atomic E-state index is 11.8. The minimum Gasteiger partial charge on any atom is -0.467 e. The van der Waals surface area contributed by atoms with E-state index in [-0.39, 0.29) is 41.3 Å². The molecule has 7 nitrogen and oxygen atoms in total. The molecule has 0 saturated carbocycles. The average Bonchev–Trinajstić information content (AvgIpc) is 3.23. The van der Waals surface area contributed by atoms with Gasteiger partial charge in [0.1, 0.15) is 0 Å². The van der Waals surface area contributed by atoms with E-state index in [1.165, 1.54) is 14.2 Å². The zero-order valence-electron chi connectivity index (χ0n) is 19.8. The Balaban J connectivity index is 1.71. The fourth-order valence-corrected chi connectivity index (χ4v) is 4.01. The third kappa shape index (κ3) is 6.12. The molecule has 1 aliphatic heterocycles. The second-order valence-corrected chi connectivity index (χ2v) is 8.64. The van der Waals surface area contributed by atoms with Gasteiger partial charge in [0.2, 0.25) is 11.6 Å². The van der Waals surface area contributed by atoms with Gasteiger partial charge >= 0.3 is 11.9 Å². The average molecular weight is 456 g/mol. The van der Waals surface area contributed by atoms with Gasteiger partial charge in [0.05, 0.1) is 39.1 Å². The van der Waals surface area contributed by atoms with Gasteiger partial charge in [-0.1, -0.05) is 56.3 Å². The van der Waals surface area contributed by atoms with Crippen molar-refractivity contribution in [2.75, 3.05) is 14.2 Å². The summed E-state index contributed by atoms with van der Waals surface area (Å²) in [5.74, 6) is -0.325. The minimum atomic E-state index is -0.613. The Morgan fingerprint density at radius 1 is 1.24 bits per heavy atom. The molecule has 1 fully saturated rings. The van der Waals surface area contributed by atoms with Crippen LogP contribution in [0.15, 0.2) is 53.5 Å². The quantitative estimate of drug-likeness (QED) is 0.359. The molecule has 1 aromatic carbocycles. The van der Waals surface area contributed by atoms with Crippen LogP contribution in [0.2, 0.25) is 0 Å². The Kier molecular flexibility index (Phi) is 8.47. The van der Waals surface area contributed by atoms with Crippen LogP contribution < -0.4 is 4.74 Å². The van der Waals surface area contributed by atoms with Crippen molar-refractivity contribution in [3.63, 3.8) is 0 Å². The molecule has 0 bridgehead atoms. The fourth-order valence-electron chi connectivity index (χ4n) is 4.01. The van der Waals surface area contributed by atoms with Gasteiger partial charge in [-0.2, -0.15) is 4.98 Å². The van der Waals surface area contributed by atoms with E-state index in [0.717, 1.165) is 18.4 Å². The second-order valence-electron chi connectivity index (χ2n) is 8.64. The molecule has 1 aromatic heterocycles. The number of benzene rings is 1. The molecule has 2 aromatic rings. The van der Waals surface area contributed by atoms with E-state index in [1.807, 2.05) is 30.4 Å². The lowest BCUT2D eigenvalue weighted by molar-refractivity contribution is -0.190. The molecule has 2 heterocycles. The van der Waals surface area contributed by atoms with Crippen LogP contribution in [0.4, 0.5) is 0 Å². The monoisotopic (exact) mass is 455 g/mol. The zero-order valence-corrected chi connectivity index (χ0v) is 19.8. The molecule has 0 aliphatic carbocycles. The first-order valence-electron chi connectivity index (χ1n) is 11.1. The number of aromatic nitrogens is 1. The number of carbonyl (C=O) groups is 1. The normalized spacial score (nSPS) is 22.2. The molecule has 0 unspecified atom stereocenters. The van der Waals surface area contributed by atoms with Gasteiger partial charge in [0.15, 0.2) is 0 Å². The Morgan fingerprint density at radius 3 is 2.67 bits per heavy atom. The molecular formula is C26H33NO6. The largest absolute Gasteiger partial charge is 0.467 e. The zero-order chi connectivity index (χ0) is 23.8. The lowest BCUT2D eigenvalue weighted by atomic mass is 9.74. The van der Waals surface area contributed by atoms with E-state index in [2.05, 4.69) is 37.5 Å². The molecule has 3 rings (SSSR count). The number of methoxy groups -OCH3 is 2. The topological polar surface area (TPSA) is 80.0 Å². The van der Waals surface area contributed by atoms with Crippen molar-refractivity contribution in [3.05, 3.63) is 66.2 Å². The number of ether oxygens (including phenoxy) is 4. The number of esters is 1. The van der Waals surface area contributed by atoms with Crippen molar-refractivity contribution >= 4 is 12.0 Å². The molecule has 0 N–H and O–H groups in total. The predicted molar refractivity (Wildman–Crippen MR) is 125 cm³/mol. The van der Waals surface area contributed by atoms with Crippen molar-refractivity contribution in [1.29, 1.82) is 0 Å². The van der Waals surface area contributed by atoms with Crippen LogP contribution in [-0.2, 0) is 20.8 Å². The number of nitrogens with zero attached hydrogens (tertiary/aromatic N) is 1. The molecule has 1 saturated heterocycles. The van der Waals surface area contributed by atoms with Gasteiger partial charge in [0.25, 0.3) is 0 Å². The van der Waals surface area contributed by atoms with Crippen LogP contribution in [0.25, 0.3) is 6.08 Å². The van der Waals surface area contributed by atoms with Gasteiger partial charge in [-0.15, -0.1) is 6.58 Å². The maximum Gasteiger partial charge on any atom is 0.364 e. The van der Waals surface area contributed by atoms with Crippen LogP contribution >= 0.6 is 0 Å². The van der Waals surface area contributed by atoms with Crippen molar-refractivity contribution in [1.82, 2.24) is 4.98 Å². The number of oxazole rings is 1. The Morgan fingerprint density at radius 2 is 2.00 bits per heavy atom. The predicted octanol–water partition coefficient (Wildman–Crippen LogP) is 5.22. The number of hydrogen-bond donors (Lipinski definition) is 0. The van der Waals surface area contributed by atoms with E-state index < -0.39 is 5.97 Å². The summed E-state index contributed by atoms with van der Waals surface area (Å²) in [7, 11) is 2.69. The number of carbonyl (C=O) groups excluding carboxylic acids is 1. The van der Waals surface area contributed by atoms with Crippen LogP contribution in [0.3, 0.4) is 0 Å². The first kappa shape index (κ1) is 24.7. The van der Waals surface area contributed by atoms with E-state index in [1.54, 1.807) is 6.08 Å². The highest BCUT2D eigenvalue weighted by atomic mass is 16.6. The summed E-state index contributed by atoms with van der Waals surface area (Å²) in [5, 5.41) is 0. The summed E-state index contributed by atoms with van der Waals surface area (Å²) in [5.41, 5.74) is 0.937. The van der Waals surface area contributed by atoms with Gasteiger partial charge in [-0.25, -0.2) is 4.79 Å². The molecule has 1 aliphatic rings.